The number of carbonyl (C=O) groups excluding carboxylic acids is 1. The number of halogens is 1. The number of para-hydroxylation sites is 1. The predicted octanol–water partition coefficient (Wildman–Crippen LogP) is 5.60. The maximum absolute atomic E-state index is 13.0. The number of hydrogen-bond acceptors (Lipinski definition) is 3. The second-order valence-electron chi connectivity index (χ2n) is 7.66. The maximum atomic E-state index is 13.0. The molecule has 160 valence electrons. The molecule has 0 saturated heterocycles. The Labute approximate surface area is 198 Å². The van der Waals surface area contributed by atoms with Gasteiger partial charge in [0.05, 0.1) is 21.9 Å². The average Bonchev–Trinajstić information content (AvgIpc) is 3.30. The van der Waals surface area contributed by atoms with Crippen molar-refractivity contribution in [3.8, 4) is 17.1 Å². The van der Waals surface area contributed by atoms with Gasteiger partial charge in [0.1, 0.15) is 11.4 Å². The van der Waals surface area contributed by atoms with Crippen molar-refractivity contribution in [2.75, 3.05) is 12.4 Å². The summed E-state index contributed by atoms with van der Waals surface area (Å²) >= 11 is 2.19. The highest BCUT2D eigenvalue weighted by Crippen LogP contribution is 2.32. The molecule has 0 aliphatic heterocycles. The first kappa shape index (κ1) is 20.6. The second-order valence-corrected chi connectivity index (χ2v) is 8.82. The Bertz CT molecular complexity index is 1500. The summed E-state index contributed by atoms with van der Waals surface area (Å²) in [7, 11) is 5.60. The number of nitrogens with one attached hydrogen (secondary N) is 1. The van der Waals surface area contributed by atoms with Crippen molar-refractivity contribution in [2.45, 2.75) is 0 Å². The molecule has 0 aliphatic carbocycles. The van der Waals surface area contributed by atoms with Crippen LogP contribution in [0.4, 0.5) is 5.69 Å². The molecule has 0 fully saturated rings. The minimum Gasteiger partial charge on any atom is -0.496 e. The van der Waals surface area contributed by atoms with E-state index in [9.17, 15) is 4.79 Å². The Kier molecular flexibility index (Phi) is 5.13. The Morgan fingerprint density at radius 2 is 1.81 bits per heavy atom. The molecule has 1 amide bonds. The summed E-state index contributed by atoms with van der Waals surface area (Å²) in [6, 6.07) is 21.7. The Morgan fingerprint density at radius 3 is 2.56 bits per heavy atom. The number of ether oxygens (including phenoxy) is 1. The van der Waals surface area contributed by atoms with E-state index >= 15 is 0 Å². The topological polar surface area (TPSA) is 61.1 Å². The van der Waals surface area contributed by atoms with Crippen LogP contribution in [0.25, 0.3) is 33.2 Å². The number of fused-ring (bicyclic) bond motifs is 2. The van der Waals surface area contributed by atoms with Gasteiger partial charge in [-0.1, -0.05) is 18.2 Å². The smallest absolute Gasteiger partial charge is 0.255 e. The molecule has 0 aliphatic rings. The number of benzene rings is 3. The van der Waals surface area contributed by atoms with Crippen LogP contribution in [0.3, 0.4) is 0 Å². The van der Waals surface area contributed by atoms with E-state index in [1.54, 1.807) is 7.11 Å². The quantitative estimate of drug-likeness (QED) is 0.305. The van der Waals surface area contributed by atoms with Crippen LogP contribution in [0.15, 0.2) is 66.7 Å². The molecule has 2 heterocycles. The normalized spacial score (nSPS) is 11.2. The van der Waals surface area contributed by atoms with Crippen molar-refractivity contribution < 1.29 is 9.53 Å². The van der Waals surface area contributed by atoms with Crippen molar-refractivity contribution in [3.05, 3.63) is 75.9 Å². The minimum absolute atomic E-state index is 0.167. The van der Waals surface area contributed by atoms with Gasteiger partial charge in [0, 0.05) is 41.6 Å². The molecule has 0 unspecified atom stereocenters. The maximum Gasteiger partial charge on any atom is 0.255 e. The monoisotopic (exact) mass is 536 g/mol. The van der Waals surface area contributed by atoms with Gasteiger partial charge in [0.25, 0.3) is 5.91 Å². The van der Waals surface area contributed by atoms with Gasteiger partial charge in [-0.3, -0.25) is 9.48 Å². The molecule has 6 nitrogen and oxygen atoms in total. The largest absolute Gasteiger partial charge is 0.496 e. The third kappa shape index (κ3) is 3.42. The highest BCUT2D eigenvalue weighted by atomic mass is 127. The van der Waals surface area contributed by atoms with E-state index in [2.05, 4.69) is 50.7 Å². The van der Waals surface area contributed by atoms with Crippen molar-refractivity contribution in [1.29, 1.82) is 0 Å². The zero-order valence-electron chi connectivity index (χ0n) is 17.9. The molecule has 3 aromatic carbocycles. The molecule has 5 rings (SSSR count). The first-order valence-corrected chi connectivity index (χ1v) is 11.2. The lowest BCUT2D eigenvalue weighted by Crippen LogP contribution is -2.12. The summed E-state index contributed by atoms with van der Waals surface area (Å²) in [5, 5.41) is 9.86. The number of aromatic nitrogens is 3. The van der Waals surface area contributed by atoms with Crippen LogP contribution < -0.4 is 10.1 Å². The van der Waals surface area contributed by atoms with E-state index in [-0.39, 0.29) is 5.91 Å². The van der Waals surface area contributed by atoms with E-state index in [0.29, 0.717) is 5.56 Å². The molecule has 7 heteroatoms. The van der Waals surface area contributed by atoms with Gasteiger partial charge in [-0.25, -0.2) is 0 Å². The molecule has 2 aromatic heterocycles. The molecular weight excluding hydrogens is 515 g/mol. The Balaban J connectivity index is 1.55. The van der Waals surface area contributed by atoms with Crippen LogP contribution >= 0.6 is 22.6 Å². The fourth-order valence-electron chi connectivity index (χ4n) is 4.06. The fourth-order valence-corrected chi connectivity index (χ4v) is 4.80. The number of nitrogens with zero attached hydrogens (tertiary/aromatic N) is 3. The predicted molar refractivity (Wildman–Crippen MR) is 136 cm³/mol. The lowest BCUT2D eigenvalue weighted by molar-refractivity contribution is 0.102. The Morgan fingerprint density at radius 1 is 1.00 bits per heavy atom. The van der Waals surface area contributed by atoms with Crippen LogP contribution in [0.2, 0.25) is 0 Å². The standard InChI is InChI=1S/C25H21IN4O2/c1-29-20-7-5-4-6-15(20)13-22(29)24-18-12-16(8-10-21(18)30(2)28-24)25(31)27-17-9-11-23(32-3)19(26)14-17/h4-14H,1-3H3,(H,27,31). The van der Waals surface area contributed by atoms with E-state index in [0.717, 1.165) is 48.2 Å². The molecule has 5 aromatic rings. The summed E-state index contributed by atoms with van der Waals surface area (Å²) in [5.41, 5.74) is 5.29. The van der Waals surface area contributed by atoms with E-state index < -0.39 is 0 Å². The second kappa shape index (κ2) is 7.98. The summed E-state index contributed by atoms with van der Waals surface area (Å²) in [6.45, 7) is 0. The van der Waals surface area contributed by atoms with E-state index in [4.69, 9.17) is 9.84 Å². The lowest BCUT2D eigenvalue weighted by Gasteiger charge is -2.09. The lowest BCUT2D eigenvalue weighted by atomic mass is 10.1. The first-order chi connectivity index (χ1) is 15.5. The highest BCUT2D eigenvalue weighted by molar-refractivity contribution is 14.1. The van der Waals surface area contributed by atoms with Crippen LogP contribution in [0.5, 0.6) is 5.75 Å². The van der Waals surface area contributed by atoms with Gasteiger partial charge in [-0.15, -0.1) is 0 Å². The summed E-state index contributed by atoms with van der Waals surface area (Å²) in [6.07, 6.45) is 0. The number of anilines is 1. The number of amides is 1. The summed E-state index contributed by atoms with van der Waals surface area (Å²) in [5.74, 6) is 0.611. The molecule has 32 heavy (non-hydrogen) atoms. The van der Waals surface area contributed by atoms with Crippen molar-refractivity contribution in [3.63, 3.8) is 0 Å². The minimum atomic E-state index is -0.167. The van der Waals surface area contributed by atoms with Gasteiger partial charge in [0.2, 0.25) is 0 Å². The molecule has 0 bridgehead atoms. The molecule has 0 radical (unpaired) electrons. The zero-order chi connectivity index (χ0) is 22.4. The van der Waals surface area contributed by atoms with E-state index in [1.807, 2.05) is 67.3 Å². The number of rotatable bonds is 4. The summed E-state index contributed by atoms with van der Waals surface area (Å²) < 4.78 is 10.2. The third-order valence-electron chi connectivity index (χ3n) is 5.72. The number of methoxy groups -OCH3 is 1. The van der Waals surface area contributed by atoms with Gasteiger partial charge < -0.3 is 14.6 Å². The van der Waals surface area contributed by atoms with Gasteiger partial charge in [0.15, 0.2) is 0 Å². The number of carbonyl (C=O) groups is 1. The first-order valence-electron chi connectivity index (χ1n) is 10.1. The van der Waals surface area contributed by atoms with Crippen LogP contribution in [-0.2, 0) is 14.1 Å². The molecule has 0 spiro atoms. The average molecular weight is 536 g/mol. The van der Waals surface area contributed by atoms with Crippen LogP contribution in [0, 0.1) is 3.57 Å². The Hall–Kier alpha value is -3.33. The van der Waals surface area contributed by atoms with Crippen molar-refractivity contribution in [2.24, 2.45) is 14.1 Å². The zero-order valence-corrected chi connectivity index (χ0v) is 20.0. The number of hydrogen-bond donors (Lipinski definition) is 1. The van der Waals surface area contributed by atoms with Gasteiger partial charge in [-0.2, -0.15) is 5.10 Å². The van der Waals surface area contributed by atoms with Crippen LogP contribution in [-0.4, -0.2) is 27.4 Å². The third-order valence-corrected chi connectivity index (χ3v) is 6.56. The van der Waals surface area contributed by atoms with Gasteiger partial charge in [-0.05, 0) is 71.1 Å². The van der Waals surface area contributed by atoms with E-state index in [1.165, 1.54) is 0 Å². The summed E-state index contributed by atoms with van der Waals surface area (Å²) in [4.78, 5) is 13.0. The fraction of sp³-hybridized carbons (Fsp3) is 0.120. The molecule has 0 saturated carbocycles. The molecular formula is C25H21IN4O2. The van der Waals surface area contributed by atoms with Crippen molar-refractivity contribution >= 4 is 56.0 Å². The molecule has 0 atom stereocenters. The molecule has 1 N–H and O–H groups in total. The van der Waals surface area contributed by atoms with Gasteiger partial charge >= 0.3 is 0 Å². The number of aryl methyl sites for hydroxylation is 2. The van der Waals surface area contributed by atoms with Crippen molar-refractivity contribution in [1.82, 2.24) is 14.3 Å². The SMILES string of the molecule is COc1ccc(NC(=O)c2ccc3c(c2)c(-c2cc4ccccc4n2C)nn3C)cc1I. The highest BCUT2D eigenvalue weighted by Gasteiger charge is 2.17. The van der Waals surface area contributed by atoms with Crippen LogP contribution in [0.1, 0.15) is 10.4 Å².